The molecule has 3 heterocycles. The van der Waals surface area contributed by atoms with Crippen LogP contribution < -0.4 is 4.90 Å². The van der Waals surface area contributed by atoms with E-state index in [4.69, 9.17) is 16.7 Å². The smallest absolute Gasteiger partial charge is 0.241 e. The standard InChI is InChI=1S/C22H27N7O2S2/c1-15-5-3-4-6-18(15)20-23-19(31-25-20)13-26-9-11-27(12-10-26)14-28-22(32)33-21(24-28)29(16(2)30)17-7-8-17/h3-6,17H,7-14H2,1-2H3. The molecule has 0 radical (unpaired) electrons. The molecule has 3 aromatic rings. The van der Waals surface area contributed by atoms with Crippen LogP contribution in [0.5, 0.6) is 0 Å². The summed E-state index contributed by atoms with van der Waals surface area (Å²) in [7, 11) is 0. The SMILES string of the molecule is CC(=O)N(c1nn(CN2CCN(Cc3nc(-c4ccccc4C)no3)CC2)c(=S)s1)C1CC1. The highest BCUT2D eigenvalue weighted by atomic mass is 32.1. The Balaban J connectivity index is 1.16. The van der Waals surface area contributed by atoms with Gasteiger partial charge in [0.05, 0.1) is 13.2 Å². The zero-order valence-electron chi connectivity index (χ0n) is 18.8. The third-order valence-electron chi connectivity index (χ3n) is 6.06. The summed E-state index contributed by atoms with van der Waals surface area (Å²) in [6.45, 7) is 8.51. The maximum atomic E-state index is 12.0. The molecule has 2 aromatic heterocycles. The summed E-state index contributed by atoms with van der Waals surface area (Å²) in [4.78, 5) is 23.1. The van der Waals surface area contributed by atoms with E-state index < -0.39 is 0 Å². The second kappa shape index (κ2) is 9.41. The normalized spacial score (nSPS) is 17.4. The predicted molar refractivity (Wildman–Crippen MR) is 128 cm³/mol. The monoisotopic (exact) mass is 485 g/mol. The van der Waals surface area contributed by atoms with Crippen LogP contribution in [0, 0.1) is 10.9 Å². The summed E-state index contributed by atoms with van der Waals surface area (Å²) in [6, 6.07) is 8.34. The second-order valence-corrected chi connectivity index (χ2v) is 10.2. The highest BCUT2D eigenvalue weighted by molar-refractivity contribution is 7.73. The van der Waals surface area contributed by atoms with Crippen LogP contribution in [0.4, 0.5) is 5.13 Å². The van der Waals surface area contributed by atoms with Crippen molar-refractivity contribution < 1.29 is 9.32 Å². The van der Waals surface area contributed by atoms with E-state index in [1.54, 1.807) is 11.8 Å². The molecule has 2 aliphatic rings. The predicted octanol–water partition coefficient (Wildman–Crippen LogP) is 3.32. The average molecular weight is 486 g/mol. The Hall–Kier alpha value is -2.47. The van der Waals surface area contributed by atoms with Gasteiger partial charge in [0.1, 0.15) is 0 Å². The molecule has 0 spiro atoms. The Morgan fingerprint density at radius 1 is 1.21 bits per heavy atom. The van der Waals surface area contributed by atoms with Gasteiger partial charge in [-0.05, 0) is 37.5 Å². The molecule has 0 N–H and O–H groups in total. The van der Waals surface area contributed by atoms with Gasteiger partial charge in [-0.15, -0.1) is 5.10 Å². The number of hydrogen-bond donors (Lipinski definition) is 0. The molecule has 174 valence electrons. The molecule has 11 heteroatoms. The molecular formula is C22H27N7O2S2. The number of rotatable bonds is 7. The van der Waals surface area contributed by atoms with Crippen LogP contribution >= 0.6 is 23.6 Å². The first-order valence-corrected chi connectivity index (χ1v) is 12.4. The Morgan fingerprint density at radius 3 is 2.64 bits per heavy atom. The molecule has 33 heavy (non-hydrogen) atoms. The zero-order valence-corrected chi connectivity index (χ0v) is 20.4. The maximum Gasteiger partial charge on any atom is 0.241 e. The quantitative estimate of drug-likeness (QED) is 0.472. The molecule has 9 nitrogen and oxygen atoms in total. The van der Waals surface area contributed by atoms with E-state index in [-0.39, 0.29) is 11.9 Å². The lowest BCUT2D eigenvalue weighted by Crippen LogP contribution is -2.46. The van der Waals surface area contributed by atoms with Crippen LogP contribution in [0.1, 0.15) is 31.2 Å². The number of piperazine rings is 1. The maximum absolute atomic E-state index is 12.0. The topological polar surface area (TPSA) is 83.5 Å². The number of aryl methyl sites for hydroxylation is 1. The first kappa shape index (κ1) is 22.3. The Labute approximate surface area is 201 Å². The van der Waals surface area contributed by atoms with E-state index in [1.807, 2.05) is 35.9 Å². The molecule has 1 saturated heterocycles. The zero-order chi connectivity index (χ0) is 22.9. The highest BCUT2D eigenvalue weighted by Crippen LogP contribution is 2.33. The van der Waals surface area contributed by atoms with Gasteiger partial charge in [-0.2, -0.15) is 4.98 Å². The van der Waals surface area contributed by atoms with Crippen molar-refractivity contribution in [3.8, 4) is 11.4 Å². The van der Waals surface area contributed by atoms with Crippen molar-refractivity contribution in [3.05, 3.63) is 39.7 Å². The number of carbonyl (C=O) groups is 1. The average Bonchev–Trinajstić information content (AvgIpc) is 3.40. The van der Waals surface area contributed by atoms with Gasteiger partial charge in [0.15, 0.2) is 3.95 Å². The van der Waals surface area contributed by atoms with Crippen molar-refractivity contribution in [3.63, 3.8) is 0 Å². The lowest BCUT2D eigenvalue weighted by molar-refractivity contribution is -0.116. The van der Waals surface area contributed by atoms with E-state index in [9.17, 15) is 4.79 Å². The van der Waals surface area contributed by atoms with Gasteiger partial charge in [-0.25, -0.2) is 4.68 Å². The molecule has 5 rings (SSSR count). The molecule has 0 unspecified atom stereocenters. The van der Waals surface area contributed by atoms with E-state index >= 15 is 0 Å². The molecule has 0 atom stereocenters. The van der Waals surface area contributed by atoms with Gasteiger partial charge in [-0.3, -0.25) is 19.5 Å². The van der Waals surface area contributed by atoms with E-state index in [0.717, 1.165) is 55.3 Å². The summed E-state index contributed by atoms with van der Waals surface area (Å²) in [5.41, 5.74) is 2.13. The number of aromatic nitrogens is 4. The van der Waals surface area contributed by atoms with Gasteiger partial charge >= 0.3 is 0 Å². The third-order valence-corrected chi connectivity index (χ3v) is 7.37. The minimum Gasteiger partial charge on any atom is -0.338 e. The fraction of sp³-hybridized carbons (Fsp3) is 0.500. The van der Waals surface area contributed by atoms with E-state index in [0.29, 0.717) is 28.9 Å². The highest BCUT2D eigenvalue weighted by Gasteiger charge is 2.34. The molecule has 1 saturated carbocycles. The summed E-state index contributed by atoms with van der Waals surface area (Å²) in [5.74, 6) is 1.31. The van der Waals surface area contributed by atoms with Crippen LogP contribution in [-0.2, 0) is 18.0 Å². The van der Waals surface area contributed by atoms with Crippen molar-refractivity contribution in [2.24, 2.45) is 0 Å². The summed E-state index contributed by atoms with van der Waals surface area (Å²) in [5, 5.41) is 9.54. The molecule has 2 fully saturated rings. The number of anilines is 1. The van der Waals surface area contributed by atoms with E-state index in [1.165, 1.54) is 11.3 Å². The fourth-order valence-corrected chi connectivity index (χ4v) is 5.28. The molecule has 0 bridgehead atoms. The Morgan fingerprint density at radius 2 is 1.94 bits per heavy atom. The summed E-state index contributed by atoms with van der Waals surface area (Å²) < 4.78 is 8.05. The second-order valence-electron chi connectivity index (χ2n) is 8.63. The van der Waals surface area contributed by atoms with Gasteiger partial charge < -0.3 is 4.52 Å². The van der Waals surface area contributed by atoms with Crippen molar-refractivity contribution in [1.82, 2.24) is 29.7 Å². The largest absolute Gasteiger partial charge is 0.338 e. The molecule has 1 aliphatic carbocycles. The minimum atomic E-state index is 0.0358. The van der Waals surface area contributed by atoms with Crippen molar-refractivity contribution in [1.29, 1.82) is 0 Å². The van der Waals surface area contributed by atoms with Gasteiger partial charge in [0.2, 0.25) is 22.8 Å². The first-order valence-electron chi connectivity index (χ1n) is 11.2. The minimum absolute atomic E-state index is 0.0358. The van der Waals surface area contributed by atoms with Crippen LogP contribution in [0.2, 0.25) is 0 Å². The molecule has 1 aliphatic heterocycles. The Bertz CT molecular complexity index is 1190. The number of amides is 1. The molecular weight excluding hydrogens is 458 g/mol. The number of benzene rings is 1. The van der Waals surface area contributed by atoms with E-state index in [2.05, 4.69) is 25.0 Å². The van der Waals surface area contributed by atoms with Gasteiger partial charge in [0.25, 0.3) is 0 Å². The lowest BCUT2D eigenvalue weighted by atomic mass is 10.1. The van der Waals surface area contributed by atoms with Crippen molar-refractivity contribution in [2.45, 2.75) is 45.9 Å². The van der Waals surface area contributed by atoms with Crippen LogP contribution in [-0.4, -0.2) is 67.8 Å². The fourth-order valence-electron chi connectivity index (χ4n) is 4.08. The van der Waals surface area contributed by atoms with Crippen LogP contribution in [0.15, 0.2) is 28.8 Å². The molecule has 1 amide bonds. The van der Waals surface area contributed by atoms with Crippen molar-refractivity contribution >= 4 is 34.6 Å². The van der Waals surface area contributed by atoms with Crippen LogP contribution in [0.3, 0.4) is 0 Å². The third kappa shape index (κ3) is 5.06. The van der Waals surface area contributed by atoms with Gasteiger partial charge in [-0.1, -0.05) is 40.8 Å². The first-order chi connectivity index (χ1) is 16.0. The van der Waals surface area contributed by atoms with Crippen molar-refractivity contribution in [2.75, 3.05) is 31.1 Å². The number of hydrogen-bond acceptors (Lipinski definition) is 9. The lowest BCUT2D eigenvalue weighted by Gasteiger charge is -2.33. The Kier molecular flexibility index (Phi) is 6.37. The molecule has 1 aromatic carbocycles. The van der Waals surface area contributed by atoms with Crippen LogP contribution in [0.25, 0.3) is 11.4 Å². The summed E-state index contributed by atoms with van der Waals surface area (Å²) in [6.07, 6.45) is 2.08. The number of carbonyl (C=O) groups excluding carboxylic acids is 1. The number of nitrogens with zero attached hydrogens (tertiary/aromatic N) is 7. The summed E-state index contributed by atoms with van der Waals surface area (Å²) >= 11 is 6.95. The van der Waals surface area contributed by atoms with Gasteiger partial charge in [0, 0.05) is 44.7 Å².